The van der Waals surface area contributed by atoms with Crippen LogP contribution in [0.15, 0.2) is 66.7 Å². The first-order chi connectivity index (χ1) is 15.0. The highest BCUT2D eigenvalue weighted by Gasteiger charge is 2.26. The second kappa shape index (κ2) is 8.93. The zero-order valence-corrected chi connectivity index (χ0v) is 16.3. The Morgan fingerprint density at radius 2 is 1.84 bits per heavy atom. The summed E-state index contributed by atoms with van der Waals surface area (Å²) < 4.78 is 31.0. The van der Waals surface area contributed by atoms with Crippen molar-refractivity contribution in [3.63, 3.8) is 0 Å². The summed E-state index contributed by atoms with van der Waals surface area (Å²) in [7, 11) is 0. The molecule has 1 aliphatic heterocycles. The first-order valence-corrected chi connectivity index (χ1v) is 9.53. The number of nitrogens with zero attached hydrogens (tertiary/aromatic N) is 1. The van der Waals surface area contributed by atoms with Crippen LogP contribution < -0.4 is 4.74 Å². The topological polar surface area (TPSA) is 87.9 Å². The Balaban J connectivity index is 1.49. The van der Waals surface area contributed by atoms with Crippen molar-refractivity contribution in [2.75, 3.05) is 0 Å². The minimum atomic E-state index is -0.668. The number of ether oxygens (including phenoxy) is 3. The summed E-state index contributed by atoms with van der Waals surface area (Å²) in [6, 6.07) is 17.8. The van der Waals surface area contributed by atoms with Gasteiger partial charge in [-0.2, -0.15) is 0 Å². The molecule has 8 heteroatoms. The number of para-hydroxylation sites is 1. The quantitative estimate of drug-likeness (QED) is 0.326. The number of hydrogen-bond donors (Lipinski definition) is 0. The standard InChI is InChI=1S/C23H18FNO6/c24-19-10-17(13-29-21(26)12-16-8-4-5-9-20(16)25(27)28)22-18(11-19)14-30-23(31-22)15-6-2-1-3-7-15/h1-11,23H,12-14H2. The number of benzene rings is 3. The molecule has 7 nitrogen and oxygen atoms in total. The van der Waals surface area contributed by atoms with Crippen molar-refractivity contribution in [3.8, 4) is 5.75 Å². The summed E-state index contributed by atoms with van der Waals surface area (Å²) in [6.07, 6.45) is -0.939. The monoisotopic (exact) mass is 423 g/mol. The Hall–Kier alpha value is -3.78. The zero-order chi connectivity index (χ0) is 21.8. The van der Waals surface area contributed by atoms with Gasteiger partial charge >= 0.3 is 5.97 Å². The lowest BCUT2D eigenvalue weighted by atomic mass is 10.1. The number of nitro groups is 1. The van der Waals surface area contributed by atoms with Gasteiger partial charge in [-0.05, 0) is 12.1 Å². The number of halogens is 1. The van der Waals surface area contributed by atoms with Gasteiger partial charge in [0.1, 0.15) is 18.2 Å². The third kappa shape index (κ3) is 4.70. The average molecular weight is 423 g/mol. The smallest absolute Gasteiger partial charge is 0.310 e. The molecule has 0 aromatic heterocycles. The first kappa shape index (κ1) is 20.5. The fraction of sp³-hybridized carbons (Fsp3) is 0.174. The molecule has 0 fully saturated rings. The maximum Gasteiger partial charge on any atom is 0.310 e. The van der Waals surface area contributed by atoms with Crippen molar-refractivity contribution in [2.24, 2.45) is 0 Å². The predicted molar refractivity (Wildman–Crippen MR) is 108 cm³/mol. The summed E-state index contributed by atoms with van der Waals surface area (Å²) in [6.45, 7) is -0.0924. The van der Waals surface area contributed by atoms with Crippen LogP contribution in [0, 0.1) is 15.9 Å². The largest absolute Gasteiger partial charge is 0.460 e. The van der Waals surface area contributed by atoms with E-state index in [-0.39, 0.29) is 30.9 Å². The lowest BCUT2D eigenvalue weighted by Gasteiger charge is -2.28. The second-order valence-corrected chi connectivity index (χ2v) is 6.95. The van der Waals surface area contributed by atoms with Gasteiger partial charge in [0.2, 0.25) is 6.29 Å². The van der Waals surface area contributed by atoms with Gasteiger partial charge in [-0.3, -0.25) is 14.9 Å². The third-order valence-electron chi connectivity index (χ3n) is 4.81. The Morgan fingerprint density at radius 1 is 1.10 bits per heavy atom. The average Bonchev–Trinajstić information content (AvgIpc) is 2.78. The van der Waals surface area contributed by atoms with Gasteiger partial charge in [0.25, 0.3) is 5.69 Å². The van der Waals surface area contributed by atoms with E-state index in [0.29, 0.717) is 16.9 Å². The van der Waals surface area contributed by atoms with E-state index in [0.717, 1.165) is 5.56 Å². The summed E-state index contributed by atoms with van der Waals surface area (Å²) in [5.74, 6) is -0.771. The van der Waals surface area contributed by atoms with Crippen LogP contribution in [-0.2, 0) is 33.9 Å². The molecule has 0 spiro atoms. The van der Waals surface area contributed by atoms with E-state index in [1.807, 2.05) is 30.3 Å². The molecule has 0 aliphatic carbocycles. The molecular weight excluding hydrogens is 405 g/mol. The second-order valence-electron chi connectivity index (χ2n) is 6.95. The number of nitro benzene ring substituents is 1. The molecule has 0 bridgehead atoms. The summed E-state index contributed by atoms with van der Waals surface area (Å²) in [5.41, 5.74) is 1.75. The van der Waals surface area contributed by atoms with E-state index in [2.05, 4.69) is 0 Å². The fourth-order valence-electron chi connectivity index (χ4n) is 3.36. The van der Waals surface area contributed by atoms with Crippen LogP contribution in [0.3, 0.4) is 0 Å². The summed E-state index contributed by atoms with van der Waals surface area (Å²) in [4.78, 5) is 22.9. The van der Waals surface area contributed by atoms with E-state index in [9.17, 15) is 19.3 Å². The molecule has 0 amide bonds. The van der Waals surface area contributed by atoms with Crippen molar-refractivity contribution < 1.29 is 28.3 Å². The molecule has 3 aromatic rings. The van der Waals surface area contributed by atoms with Gasteiger partial charge in [0.05, 0.1) is 18.0 Å². The van der Waals surface area contributed by atoms with Gasteiger partial charge in [-0.25, -0.2) is 4.39 Å². The summed E-state index contributed by atoms with van der Waals surface area (Å²) >= 11 is 0. The summed E-state index contributed by atoms with van der Waals surface area (Å²) in [5, 5.41) is 11.1. The zero-order valence-electron chi connectivity index (χ0n) is 16.3. The van der Waals surface area contributed by atoms with Gasteiger partial charge in [0, 0.05) is 28.3 Å². The number of esters is 1. The third-order valence-corrected chi connectivity index (χ3v) is 4.81. The lowest BCUT2D eigenvalue weighted by Crippen LogP contribution is -2.20. The maximum atomic E-state index is 14.1. The number of carbonyl (C=O) groups is 1. The molecule has 31 heavy (non-hydrogen) atoms. The van der Waals surface area contributed by atoms with Gasteiger partial charge in [-0.15, -0.1) is 0 Å². The van der Waals surface area contributed by atoms with Crippen LogP contribution in [0.25, 0.3) is 0 Å². The molecule has 3 aromatic carbocycles. The Morgan fingerprint density at radius 3 is 2.61 bits per heavy atom. The SMILES string of the molecule is O=C(Cc1ccccc1[N+](=O)[O-])OCc1cc(F)cc2c1OC(c1ccccc1)OC2. The molecule has 1 aliphatic rings. The molecule has 1 heterocycles. The van der Waals surface area contributed by atoms with E-state index in [1.54, 1.807) is 6.07 Å². The van der Waals surface area contributed by atoms with Crippen molar-refractivity contribution >= 4 is 11.7 Å². The highest BCUT2D eigenvalue weighted by molar-refractivity contribution is 5.74. The Bertz CT molecular complexity index is 1120. The molecule has 0 N–H and O–H groups in total. The highest BCUT2D eigenvalue weighted by atomic mass is 19.1. The molecule has 0 saturated carbocycles. The molecule has 0 radical (unpaired) electrons. The van der Waals surface area contributed by atoms with Crippen LogP contribution in [-0.4, -0.2) is 10.9 Å². The van der Waals surface area contributed by atoms with Gasteiger partial charge in [-0.1, -0.05) is 48.5 Å². The van der Waals surface area contributed by atoms with Crippen molar-refractivity contribution in [2.45, 2.75) is 25.9 Å². The molecule has 1 atom stereocenters. The minimum absolute atomic E-state index is 0.143. The van der Waals surface area contributed by atoms with Crippen LogP contribution in [0.2, 0.25) is 0 Å². The maximum absolute atomic E-state index is 14.1. The van der Waals surface area contributed by atoms with Crippen LogP contribution in [0.4, 0.5) is 10.1 Å². The number of hydrogen-bond acceptors (Lipinski definition) is 6. The first-order valence-electron chi connectivity index (χ1n) is 9.53. The van der Waals surface area contributed by atoms with E-state index < -0.39 is 23.0 Å². The van der Waals surface area contributed by atoms with Crippen LogP contribution in [0.5, 0.6) is 5.75 Å². The fourth-order valence-corrected chi connectivity index (χ4v) is 3.36. The Kier molecular flexibility index (Phi) is 5.90. The molecule has 0 saturated heterocycles. The lowest BCUT2D eigenvalue weighted by molar-refractivity contribution is -0.385. The number of fused-ring (bicyclic) bond motifs is 1. The van der Waals surface area contributed by atoms with Crippen molar-refractivity contribution in [3.05, 3.63) is 105 Å². The van der Waals surface area contributed by atoms with Crippen LogP contribution in [0.1, 0.15) is 28.5 Å². The van der Waals surface area contributed by atoms with Crippen molar-refractivity contribution in [1.29, 1.82) is 0 Å². The molecule has 1 unspecified atom stereocenters. The number of carbonyl (C=O) groups excluding carboxylic acids is 1. The normalized spacial score (nSPS) is 14.9. The predicted octanol–water partition coefficient (Wildman–Crippen LogP) is 4.63. The van der Waals surface area contributed by atoms with Gasteiger partial charge in [0.15, 0.2) is 0 Å². The number of rotatable bonds is 6. The van der Waals surface area contributed by atoms with E-state index in [4.69, 9.17) is 14.2 Å². The highest BCUT2D eigenvalue weighted by Crippen LogP contribution is 2.36. The molecule has 4 rings (SSSR count). The molecule has 158 valence electrons. The van der Waals surface area contributed by atoms with Crippen LogP contribution >= 0.6 is 0 Å². The van der Waals surface area contributed by atoms with E-state index in [1.165, 1.54) is 30.3 Å². The van der Waals surface area contributed by atoms with E-state index >= 15 is 0 Å². The van der Waals surface area contributed by atoms with Crippen molar-refractivity contribution in [1.82, 2.24) is 0 Å². The minimum Gasteiger partial charge on any atom is -0.460 e. The Labute approximate surface area is 177 Å². The van der Waals surface area contributed by atoms with Gasteiger partial charge < -0.3 is 14.2 Å². The molecular formula is C23H18FNO6.